The number of alkyl carbamates (subject to hydrolysis) is 1. The molecule has 11 heteroatoms. The number of nitrogens with one attached hydrogen (secondary N) is 4. The second-order valence-corrected chi connectivity index (χ2v) is 8.71. The molecule has 0 saturated heterocycles. The van der Waals surface area contributed by atoms with Crippen LogP contribution in [0.4, 0.5) is 10.6 Å². The van der Waals surface area contributed by atoms with Crippen molar-refractivity contribution >= 4 is 41.2 Å². The van der Waals surface area contributed by atoms with Crippen molar-refractivity contribution in [3.8, 4) is 0 Å². The van der Waals surface area contributed by atoms with E-state index in [9.17, 15) is 19.2 Å². The third kappa shape index (κ3) is 7.71. The molecule has 4 N–H and O–H groups in total. The van der Waals surface area contributed by atoms with E-state index in [1.54, 1.807) is 27.8 Å². The first-order valence-electron chi connectivity index (χ1n) is 9.93. The fourth-order valence-corrected chi connectivity index (χ4v) is 3.37. The molecule has 1 aromatic rings. The normalized spacial score (nSPS) is 20.9. The summed E-state index contributed by atoms with van der Waals surface area (Å²) in [6.45, 7) is 5.19. The van der Waals surface area contributed by atoms with Crippen LogP contribution in [0.2, 0.25) is 5.02 Å². The Morgan fingerprint density at radius 3 is 2.35 bits per heavy atom. The van der Waals surface area contributed by atoms with Crippen LogP contribution >= 0.6 is 11.6 Å². The highest BCUT2D eigenvalue weighted by Crippen LogP contribution is 2.25. The molecule has 0 aromatic carbocycles. The maximum absolute atomic E-state index is 12.4. The highest BCUT2D eigenvalue weighted by Gasteiger charge is 2.37. The molecule has 3 atom stereocenters. The first-order valence-corrected chi connectivity index (χ1v) is 10.3. The SMILES string of the molecule is CNC(=O)[C@@H]1CC[C@@H](NC(=O)C(=O)Nc2ccc(Cl)cn2)[C@H](NC(=O)OC(C)(C)C)C1. The van der Waals surface area contributed by atoms with Gasteiger partial charge in [0.2, 0.25) is 5.91 Å². The Balaban J connectivity index is 2.04. The Kier molecular flexibility index (Phi) is 8.21. The standard InChI is InChI=1S/C20H28ClN5O5/c1-20(2,3)31-19(30)25-14-9-11(16(27)22-4)5-7-13(14)24-17(28)18(29)26-15-8-6-12(21)10-23-15/h6,8,10-11,13-14H,5,7,9H2,1-4H3,(H,22,27)(H,24,28)(H,25,30)(H,23,26,29)/t11-,13-,14-/m1/s1. The van der Waals surface area contributed by atoms with Gasteiger partial charge in [0.1, 0.15) is 11.4 Å². The maximum atomic E-state index is 12.4. The number of amides is 4. The smallest absolute Gasteiger partial charge is 0.407 e. The molecule has 0 aliphatic heterocycles. The minimum atomic E-state index is -0.903. The maximum Gasteiger partial charge on any atom is 0.407 e. The molecule has 1 fully saturated rings. The Morgan fingerprint density at radius 1 is 1.06 bits per heavy atom. The number of carbonyl (C=O) groups is 4. The number of hydrogen-bond acceptors (Lipinski definition) is 6. The number of rotatable bonds is 4. The first-order chi connectivity index (χ1) is 14.5. The van der Waals surface area contributed by atoms with E-state index in [-0.39, 0.29) is 17.6 Å². The summed E-state index contributed by atoms with van der Waals surface area (Å²) >= 11 is 5.75. The molecular formula is C20H28ClN5O5. The Labute approximate surface area is 185 Å². The predicted octanol–water partition coefficient (Wildman–Crippen LogP) is 1.60. The summed E-state index contributed by atoms with van der Waals surface area (Å²) in [5.74, 6) is -2.08. The van der Waals surface area contributed by atoms with E-state index in [2.05, 4.69) is 26.3 Å². The molecule has 10 nitrogen and oxygen atoms in total. The van der Waals surface area contributed by atoms with Gasteiger partial charge in [0, 0.05) is 25.2 Å². The van der Waals surface area contributed by atoms with Crippen molar-refractivity contribution in [3.63, 3.8) is 0 Å². The topological polar surface area (TPSA) is 139 Å². The van der Waals surface area contributed by atoms with Crippen molar-refractivity contribution in [3.05, 3.63) is 23.4 Å². The number of aromatic nitrogens is 1. The minimum absolute atomic E-state index is 0.146. The lowest BCUT2D eigenvalue weighted by atomic mass is 9.81. The monoisotopic (exact) mass is 453 g/mol. The second-order valence-electron chi connectivity index (χ2n) is 8.27. The van der Waals surface area contributed by atoms with Crippen LogP contribution < -0.4 is 21.3 Å². The van der Waals surface area contributed by atoms with Crippen LogP contribution in [0.25, 0.3) is 0 Å². The van der Waals surface area contributed by atoms with Crippen molar-refractivity contribution < 1.29 is 23.9 Å². The summed E-state index contributed by atoms with van der Waals surface area (Å²) in [6.07, 6.45) is 1.87. The number of carbonyl (C=O) groups excluding carboxylic acids is 4. The van der Waals surface area contributed by atoms with Gasteiger partial charge >= 0.3 is 17.9 Å². The molecule has 170 valence electrons. The summed E-state index contributed by atoms with van der Waals surface area (Å²) in [7, 11) is 1.54. The van der Waals surface area contributed by atoms with E-state index in [1.807, 2.05) is 0 Å². The average molecular weight is 454 g/mol. The molecule has 31 heavy (non-hydrogen) atoms. The van der Waals surface area contributed by atoms with E-state index in [0.717, 1.165) is 0 Å². The van der Waals surface area contributed by atoms with E-state index in [1.165, 1.54) is 18.3 Å². The lowest BCUT2D eigenvalue weighted by Crippen LogP contribution is -2.57. The molecule has 1 aliphatic carbocycles. The highest BCUT2D eigenvalue weighted by molar-refractivity contribution is 6.39. The van der Waals surface area contributed by atoms with Crippen LogP contribution in [0.15, 0.2) is 18.3 Å². The molecule has 0 radical (unpaired) electrons. The van der Waals surface area contributed by atoms with Crippen molar-refractivity contribution in [1.29, 1.82) is 0 Å². The van der Waals surface area contributed by atoms with Gasteiger partial charge in [0.15, 0.2) is 0 Å². The van der Waals surface area contributed by atoms with Gasteiger partial charge in [-0.25, -0.2) is 9.78 Å². The average Bonchev–Trinajstić information content (AvgIpc) is 2.68. The van der Waals surface area contributed by atoms with Gasteiger partial charge in [-0.05, 0) is 52.2 Å². The predicted molar refractivity (Wildman–Crippen MR) is 114 cm³/mol. The third-order valence-corrected chi connectivity index (χ3v) is 4.88. The van der Waals surface area contributed by atoms with Gasteiger partial charge in [-0.15, -0.1) is 0 Å². The number of hydrogen-bond donors (Lipinski definition) is 4. The number of anilines is 1. The van der Waals surface area contributed by atoms with Crippen molar-refractivity contribution in [1.82, 2.24) is 20.9 Å². The van der Waals surface area contributed by atoms with E-state index >= 15 is 0 Å². The summed E-state index contributed by atoms with van der Waals surface area (Å²) in [5, 5.41) is 10.7. The molecule has 1 aromatic heterocycles. The summed E-state index contributed by atoms with van der Waals surface area (Å²) in [6, 6.07) is 1.86. The van der Waals surface area contributed by atoms with Gasteiger partial charge < -0.3 is 26.0 Å². The lowest BCUT2D eigenvalue weighted by molar-refractivity contribution is -0.137. The fraction of sp³-hybridized carbons (Fsp3) is 0.550. The zero-order chi connectivity index (χ0) is 23.2. The van der Waals surface area contributed by atoms with Gasteiger partial charge in [-0.3, -0.25) is 14.4 Å². The van der Waals surface area contributed by atoms with Crippen molar-refractivity contribution in [2.75, 3.05) is 12.4 Å². The highest BCUT2D eigenvalue weighted by atomic mass is 35.5. The minimum Gasteiger partial charge on any atom is -0.444 e. The molecular weight excluding hydrogens is 426 g/mol. The largest absolute Gasteiger partial charge is 0.444 e. The molecule has 0 bridgehead atoms. The number of ether oxygens (including phenoxy) is 1. The number of nitrogens with zero attached hydrogens (tertiary/aromatic N) is 1. The van der Waals surface area contributed by atoms with Crippen LogP contribution in [0.3, 0.4) is 0 Å². The number of halogens is 1. The van der Waals surface area contributed by atoms with Crippen LogP contribution in [-0.4, -0.2) is 53.5 Å². The second kappa shape index (κ2) is 10.4. The van der Waals surface area contributed by atoms with Gasteiger partial charge in [0.05, 0.1) is 11.1 Å². The zero-order valence-electron chi connectivity index (χ0n) is 18.0. The molecule has 4 amide bonds. The quantitative estimate of drug-likeness (QED) is 0.511. The van der Waals surface area contributed by atoms with Crippen LogP contribution in [0, 0.1) is 5.92 Å². The summed E-state index contributed by atoms with van der Waals surface area (Å²) < 4.78 is 5.29. The third-order valence-electron chi connectivity index (χ3n) is 4.66. The molecule has 1 aliphatic rings. The van der Waals surface area contributed by atoms with E-state index in [4.69, 9.17) is 16.3 Å². The fourth-order valence-electron chi connectivity index (χ4n) is 3.26. The zero-order valence-corrected chi connectivity index (χ0v) is 18.7. The van der Waals surface area contributed by atoms with E-state index in [0.29, 0.717) is 24.3 Å². The van der Waals surface area contributed by atoms with Gasteiger partial charge in [0.25, 0.3) is 0 Å². The van der Waals surface area contributed by atoms with Crippen molar-refractivity contribution in [2.24, 2.45) is 5.92 Å². The molecule has 0 spiro atoms. The first kappa shape index (κ1) is 24.4. The Morgan fingerprint density at radius 2 is 1.77 bits per heavy atom. The molecule has 0 unspecified atom stereocenters. The van der Waals surface area contributed by atoms with Crippen LogP contribution in [0.5, 0.6) is 0 Å². The van der Waals surface area contributed by atoms with Crippen molar-refractivity contribution in [2.45, 2.75) is 57.7 Å². The summed E-state index contributed by atoms with van der Waals surface area (Å²) in [4.78, 5) is 52.9. The van der Waals surface area contributed by atoms with Crippen LogP contribution in [-0.2, 0) is 19.1 Å². The molecule has 2 rings (SSSR count). The Hall–Kier alpha value is -2.88. The lowest BCUT2D eigenvalue weighted by Gasteiger charge is -2.36. The van der Waals surface area contributed by atoms with Gasteiger partial charge in [-0.1, -0.05) is 11.6 Å². The number of pyridine rings is 1. The Bertz CT molecular complexity index is 824. The van der Waals surface area contributed by atoms with Gasteiger partial charge in [-0.2, -0.15) is 0 Å². The summed E-state index contributed by atoms with van der Waals surface area (Å²) in [5.41, 5.74) is -0.705. The molecule has 1 saturated carbocycles. The molecule has 1 heterocycles. The van der Waals surface area contributed by atoms with Crippen LogP contribution in [0.1, 0.15) is 40.0 Å². The van der Waals surface area contributed by atoms with E-state index < -0.39 is 35.6 Å².